The fourth-order valence-electron chi connectivity index (χ4n) is 3.31. The average Bonchev–Trinajstić information content (AvgIpc) is 2.53. The molecule has 0 saturated heterocycles. The van der Waals surface area contributed by atoms with Crippen molar-refractivity contribution in [2.75, 3.05) is 0 Å². The molecule has 0 amide bonds. The number of benzene rings is 2. The fourth-order valence-corrected chi connectivity index (χ4v) is 3.31. The van der Waals surface area contributed by atoms with Crippen LogP contribution in [0.5, 0.6) is 5.75 Å². The molecule has 0 aromatic heterocycles. The zero-order valence-corrected chi connectivity index (χ0v) is 17.5. The van der Waals surface area contributed by atoms with Crippen LogP contribution in [0.2, 0.25) is 0 Å². The zero-order chi connectivity index (χ0) is 18.8. The Morgan fingerprint density at radius 1 is 0.963 bits per heavy atom. The Labute approximate surface area is 180 Å². The molecule has 0 heterocycles. The molecule has 27 heavy (non-hydrogen) atoms. The largest absolute Gasteiger partial charge is 3.00 e. The van der Waals surface area contributed by atoms with E-state index in [2.05, 4.69) is 6.92 Å². The third-order valence-electron chi connectivity index (χ3n) is 4.74. The Morgan fingerprint density at radius 2 is 1.48 bits per heavy atom. The Kier molecular flexibility index (Phi) is 7.58. The van der Waals surface area contributed by atoms with Crippen LogP contribution in [0.1, 0.15) is 54.4 Å². The van der Waals surface area contributed by atoms with Gasteiger partial charge in [-0.1, -0.05) is 31.9 Å². The van der Waals surface area contributed by atoms with Gasteiger partial charge in [0.25, 0.3) is 0 Å². The second kappa shape index (κ2) is 9.29. The Hall–Kier alpha value is -1.27. The smallest absolute Gasteiger partial charge is 0.449 e. The predicted molar refractivity (Wildman–Crippen MR) is 86.9 cm³/mol. The van der Waals surface area contributed by atoms with E-state index < -0.39 is 40.6 Å². The minimum atomic E-state index is -1.35. The van der Waals surface area contributed by atoms with Crippen molar-refractivity contribution in [3.63, 3.8) is 0 Å². The van der Waals surface area contributed by atoms with Crippen molar-refractivity contribution in [1.29, 1.82) is 0 Å². The number of esters is 1. The summed E-state index contributed by atoms with van der Waals surface area (Å²) in [5.41, 5.74) is -0.374. The quantitative estimate of drug-likeness (QED) is 0.263. The molecule has 0 atom stereocenters. The van der Waals surface area contributed by atoms with E-state index >= 15 is 0 Å². The summed E-state index contributed by atoms with van der Waals surface area (Å²) in [5, 5.41) is 0. The topological polar surface area (TPSA) is 26.3 Å². The molecule has 138 valence electrons. The van der Waals surface area contributed by atoms with Crippen LogP contribution in [0.25, 0.3) is 0 Å². The van der Waals surface area contributed by atoms with Crippen molar-refractivity contribution in [3.05, 3.63) is 64.7 Å². The first kappa shape index (κ1) is 22.0. The number of hydrogen-bond acceptors (Lipinski definition) is 2. The van der Waals surface area contributed by atoms with Crippen molar-refractivity contribution in [1.82, 2.24) is 0 Å². The number of hydrogen-bond donors (Lipinski definition) is 0. The van der Waals surface area contributed by atoms with E-state index in [0.717, 1.165) is 37.8 Å². The Balaban J connectivity index is 0.00000261. The number of halogens is 4. The van der Waals surface area contributed by atoms with E-state index in [-0.39, 0.29) is 38.6 Å². The van der Waals surface area contributed by atoms with Gasteiger partial charge in [-0.25, -0.2) is 22.4 Å². The van der Waals surface area contributed by atoms with E-state index in [4.69, 9.17) is 4.74 Å². The maximum absolute atomic E-state index is 14.4. The molecule has 3 rings (SSSR count). The minimum absolute atomic E-state index is 0. The molecule has 2 aromatic rings. The van der Waals surface area contributed by atoms with E-state index in [1.165, 1.54) is 0 Å². The molecule has 0 radical (unpaired) electrons. The summed E-state index contributed by atoms with van der Waals surface area (Å²) in [7, 11) is 0. The number of carbonyl (C=O) groups is 1. The summed E-state index contributed by atoms with van der Waals surface area (Å²) in [5.74, 6) is -5.47. The van der Waals surface area contributed by atoms with Crippen molar-refractivity contribution in [3.8, 4) is 5.75 Å². The van der Waals surface area contributed by atoms with Gasteiger partial charge in [0.05, 0.1) is 0 Å². The van der Waals surface area contributed by atoms with Crippen molar-refractivity contribution < 1.29 is 59.8 Å². The van der Waals surface area contributed by atoms with E-state index in [9.17, 15) is 22.4 Å². The third kappa shape index (κ3) is 5.38. The molecule has 0 bridgehead atoms. The number of carbonyl (C=O) groups excluding carboxylic acids is 1. The summed E-state index contributed by atoms with van der Waals surface area (Å²) >= 11 is 0. The van der Waals surface area contributed by atoms with Gasteiger partial charge < -0.3 is 4.74 Å². The third-order valence-corrected chi connectivity index (χ3v) is 4.74. The van der Waals surface area contributed by atoms with Gasteiger partial charge in [0.2, 0.25) is 0 Å². The van der Waals surface area contributed by atoms with Gasteiger partial charge >= 0.3 is 38.7 Å². The van der Waals surface area contributed by atoms with Crippen LogP contribution in [-0.2, 0) is 32.7 Å². The predicted octanol–water partition coefficient (Wildman–Crippen LogP) is 5.55. The van der Waals surface area contributed by atoms with E-state index in [1.54, 1.807) is 6.07 Å². The molecule has 0 unspecified atom stereocenters. The van der Waals surface area contributed by atoms with E-state index in [1.807, 2.05) is 0 Å². The van der Waals surface area contributed by atoms with Gasteiger partial charge in [-0.05, 0) is 42.4 Å². The monoisotopic (exact) mass is 454 g/mol. The van der Waals surface area contributed by atoms with Crippen LogP contribution in [0.3, 0.4) is 0 Å². The van der Waals surface area contributed by atoms with Crippen molar-refractivity contribution in [2.24, 2.45) is 5.92 Å². The Morgan fingerprint density at radius 3 is 2.00 bits per heavy atom. The molecule has 0 aliphatic heterocycles. The normalized spacial score (nSPS) is 19.3. The molecule has 2 aromatic carbocycles. The zero-order valence-electron chi connectivity index (χ0n) is 14.7. The van der Waals surface area contributed by atoms with Gasteiger partial charge in [-0.15, -0.1) is 6.07 Å². The molecular formula is C20H17F4O2Y+2. The van der Waals surface area contributed by atoms with Crippen LogP contribution < -0.4 is 4.74 Å². The average molecular weight is 454 g/mol. The first-order valence-electron chi connectivity index (χ1n) is 8.43. The fraction of sp³-hybridized carbons (Fsp3) is 0.350. The Bertz CT molecular complexity index is 789. The van der Waals surface area contributed by atoms with Gasteiger partial charge in [0.15, 0.2) is 0 Å². The molecule has 7 heteroatoms. The molecular weight excluding hydrogens is 437 g/mol. The van der Waals surface area contributed by atoms with Gasteiger partial charge in [0.1, 0.15) is 17.2 Å². The first-order valence-corrected chi connectivity index (χ1v) is 8.43. The first-order chi connectivity index (χ1) is 12.3. The minimum Gasteiger partial charge on any atom is -0.449 e. The summed E-state index contributed by atoms with van der Waals surface area (Å²) in [6.45, 7) is 2.14. The second-order valence-corrected chi connectivity index (χ2v) is 6.72. The summed E-state index contributed by atoms with van der Waals surface area (Å²) in [6.07, 6.45) is 3.64. The van der Waals surface area contributed by atoms with Crippen LogP contribution in [0.15, 0.2) is 24.3 Å². The van der Waals surface area contributed by atoms with Gasteiger partial charge in [-0.2, -0.15) is 0 Å². The maximum atomic E-state index is 14.4. The van der Waals surface area contributed by atoms with Gasteiger partial charge in [-0.3, -0.25) is 0 Å². The molecule has 1 fully saturated rings. The SMILES string of the molecule is CC1CCC(c2cc(F)c(C(=O)Oc3cc(F)[c-]c(F)c3)c(F)c2)CC1.[Y+3]. The molecule has 2 nitrogen and oxygen atoms in total. The maximum Gasteiger partial charge on any atom is 3.00 e. The van der Waals surface area contributed by atoms with Crippen LogP contribution in [0, 0.1) is 35.3 Å². The summed E-state index contributed by atoms with van der Waals surface area (Å²) < 4.78 is 59.6. The number of rotatable bonds is 3. The molecule has 1 aliphatic carbocycles. The standard InChI is InChI=1S/C20H17F4O2.Y/c1-11-2-4-12(5-3-11)13-6-17(23)19(18(24)7-13)20(25)26-16-9-14(21)8-15(22)10-16;/h6-7,9-12H,2-5H2,1H3;/q-1;+3. The molecule has 0 spiro atoms. The summed E-state index contributed by atoms with van der Waals surface area (Å²) in [4.78, 5) is 12.1. The van der Waals surface area contributed by atoms with Crippen LogP contribution in [0.4, 0.5) is 17.6 Å². The summed E-state index contributed by atoms with van der Waals surface area (Å²) in [6, 6.07) is 5.40. The molecule has 1 saturated carbocycles. The van der Waals surface area contributed by atoms with Crippen LogP contribution in [-0.4, -0.2) is 5.97 Å². The van der Waals surface area contributed by atoms with Gasteiger partial charge in [0, 0.05) is 17.4 Å². The second-order valence-electron chi connectivity index (χ2n) is 6.72. The van der Waals surface area contributed by atoms with E-state index in [0.29, 0.717) is 23.6 Å². The number of ether oxygens (including phenoxy) is 1. The molecule has 0 N–H and O–H groups in total. The van der Waals surface area contributed by atoms with Crippen LogP contribution >= 0.6 is 0 Å². The van der Waals surface area contributed by atoms with Crippen molar-refractivity contribution >= 4 is 5.97 Å². The van der Waals surface area contributed by atoms with Crippen molar-refractivity contribution in [2.45, 2.75) is 38.5 Å². The molecule has 1 aliphatic rings.